The lowest BCUT2D eigenvalue weighted by Crippen LogP contribution is -2.38. The van der Waals surface area contributed by atoms with Gasteiger partial charge in [-0.2, -0.15) is 0 Å². The van der Waals surface area contributed by atoms with Crippen LogP contribution in [0.4, 0.5) is 11.4 Å². The first kappa shape index (κ1) is 20.4. The lowest BCUT2D eigenvalue weighted by molar-refractivity contribution is -0.384. The summed E-state index contributed by atoms with van der Waals surface area (Å²) in [5.41, 5.74) is 0.165. The first-order valence-electron chi connectivity index (χ1n) is 8.70. The molecule has 1 aliphatic heterocycles. The average molecular weight is 426 g/mol. The van der Waals surface area contributed by atoms with Crippen molar-refractivity contribution in [3.8, 4) is 5.75 Å². The van der Waals surface area contributed by atoms with Crippen molar-refractivity contribution in [3.05, 3.63) is 57.6 Å². The number of nitrogens with zero attached hydrogens (tertiary/aromatic N) is 2. The number of sulfonamides is 1. The highest BCUT2D eigenvalue weighted by molar-refractivity contribution is 7.89. The Bertz CT molecular complexity index is 975. The molecule has 0 amide bonds. The Morgan fingerprint density at radius 1 is 1.21 bits per heavy atom. The van der Waals surface area contributed by atoms with Crippen LogP contribution in [0, 0.1) is 10.1 Å². The van der Waals surface area contributed by atoms with Gasteiger partial charge in [0.2, 0.25) is 10.0 Å². The number of nitro groups is 1. The van der Waals surface area contributed by atoms with Crippen molar-refractivity contribution in [2.75, 3.05) is 25.0 Å². The van der Waals surface area contributed by atoms with Gasteiger partial charge in [-0.05, 0) is 31.3 Å². The van der Waals surface area contributed by atoms with Gasteiger partial charge in [-0.15, -0.1) is 0 Å². The van der Waals surface area contributed by atoms with Crippen LogP contribution >= 0.6 is 11.6 Å². The molecule has 1 saturated heterocycles. The summed E-state index contributed by atoms with van der Waals surface area (Å²) in [6.45, 7) is 1.10. The molecule has 0 spiro atoms. The predicted molar refractivity (Wildman–Crippen MR) is 107 cm³/mol. The summed E-state index contributed by atoms with van der Waals surface area (Å²) in [6, 6.07) is 11.2. The Morgan fingerprint density at radius 2 is 1.89 bits per heavy atom. The Kier molecular flexibility index (Phi) is 6.07. The van der Waals surface area contributed by atoms with Crippen LogP contribution in [0.1, 0.15) is 12.8 Å². The topological polar surface area (TPSA) is 102 Å². The molecule has 0 unspecified atom stereocenters. The molecule has 0 aliphatic carbocycles. The van der Waals surface area contributed by atoms with Crippen LogP contribution in [0.15, 0.2) is 47.4 Å². The van der Waals surface area contributed by atoms with E-state index < -0.39 is 14.9 Å². The zero-order valence-corrected chi connectivity index (χ0v) is 16.7. The second-order valence-corrected chi connectivity index (χ2v) is 8.64. The molecule has 0 aromatic heterocycles. The van der Waals surface area contributed by atoms with Gasteiger partial charge in [-0.25, -0.2) is 13.1 Å². The standard InChI is InChI=1S/C18H20ClN3O5S/c1-20-28(25,26)14-6-7-16(17(12-14)22(23)24)21-10-8-13(9-11-21)27-18-5-3-2-4-15(18)19/h2-7,12-13,20H,8-11H2,1H3. The van der Waals surface area contributed by atoms with E-state index in [1.54, 1.807) is 12.1 Å². The van der Waals surface area contributed by atoms with E-state index in [0.29, 0.717) is 42.4 Å². The third kappa shape index (κ3) is 4.37. The van der Waals surface area contributed by atoms with E-state index in [9.17, 15) is 18.5 Å². The van der Waals surface area contributed by atoms with E-state index in [4.69, 9.17) is 16.3 Å². The Labute approximate surface area is 168 Å². The zero-order valence-electron chi connectivity index (χ0n) is 15.2. The largest absolute Gasteiger partial charge is 0.489 e. The first-order valence-corrected chi connectivity index (χ1v) is 10.6. The normalized spacial score (nSPS) is 15.4. The van der Waals surface area contributed by atoms with Crippen LogP contribution in [0.3, 0.4) is 0 Å². The summed E-state index contributed by atoms with van der Waals surface area (Å²) in [4.78, 5) is 12.7. The minimum atomic E-state index is -3.75. The number of ether oxygens (including phenoxy) is 1. The molecule has 1 N–H and O–H groups in total. The second kappa shape index (κ2) is 8.34. The second-order valence-electron chi connectivity index (χ2n) is 6.35. The lowest BCUT2D eigenvalue weighted by Gasteiger charge is -2.33. The van der Waals surface area contributed by atoms with Crippen molar-refractivity contribution in [1.29, 1.82) is 0 Å². The van der Waals surface area contributed by atoms with Gasteiger partial charge in [0.25, 0.3) is 5.69 Å². The molecule has 150 valence electrons. The minimum absolute atomic E-state index is 0.0425. The Balaban J connectivity index is 1.75. The van der Waals surface area contributed by atoms with Crippen molar-refractivity contribution in [2.24, 2.45) is 0 Å². The molecule has 10 heteroatoms. The van der Waals surface area contributed by atoms with E-state index in [0.717, 1.165) is 6.07 Å². The smallest absolute Gasteiger partial charge is 0.293 e. The number of anilines is 1. The number of halogens is 1. The maximum atomic E-state index is 11.9. The third-order valence-electron chi connectivity index (χ3n) is 4.64. The summed E-state index contributed by atoms with van der Waals surface area (Å²) >= 11 is 6.12. The number of para-hydroxylation sites is 1. The maximum absolute atomic E-state index is 11.9. The Morgan fingerprint density at radius 3 is 2.50 bits per heavy atom. The fourth-order valence-corrected chi connectivity index (χ4v) is 4.07. The van der Waals surface area contributed by atoms with Gasteiger partial charge < -0.3 is 9.64 Å². The fraction of sp³-hybridized carbons (Fsp3) is 0.333. The monoisotopic (exact) mass is 425 g/mol. The highest BCUT2D eigenvalue weighted by Gasteiger charge is 2.27. The summed E-state index contributed by atoms with van der Waals surface area (Å²) in [7, 11) is -2.49. The van der Waals surface area contributed by atoms with Crippen molar-refractivity contribution < 1.29 is 18.1 Å². The van der Waals surface area contributed by atoms with Gasteiger partial charge in [0, 0.05) is 32.0 Å². The van der Waals surface area contributed by atoms with Crippen LogP contribution in [-0.4, -0.2) is 39.6 Å². The van der Waals surface area contributed by atoms with Gasteiger partial charge in [0.15, 0.2) is 0 Å². The Hall–Kier alpha value is -2.36. The third-order valence-corrected chi connectivity index (χ3v) is 6.36. The number of nitro benzene ring substituents is 1. The van der Waals surface area contributed by atoms with Crippen LogP contribution in [0.2, 0.25) is 5.02 Å². The van der Waals surface area contributed by atoms with Crippen molar-refractivity contribution in [2.45, 2.75) is 23.8 Å². The van der Waals surface area contributed by atoms with Gasteiger partial charge >= 0.3 is 0 Å². The molecule has 2 aromatic carbocycles. The summed E-state index contributed by atoms with van der Waals surface area (Å²) in [6.07, 6.45) is 1.29. The van der Waals surface area contributed by atoms with Crippen LogP contribution < -0.4 is 14.4 Å². The quantitative estimate of drug-likeness (QED) is 0.563. The van der Waals surface area contributed by atoms with Gasteiger partial charge in [0.1, 0.15) is 17.5 Å². The SMILES string of the molecule is CNS(=O)(=O)c1ccc(N2CCC(Oc3ccccc3Cl)CC2)c([N+](=O)[O-])c1. The van der Waals surface area contributed by atoms with Crippen LogP contribution in [-0.2, 0) is 10.0 Å². The lowest BCUT2D eigenvalue weighted by atomic mass is 10.1. The molecule has 2 aromatic rings. The van der Waals surface area contributed by atoms with Crippen molar-refractivity contribution in [1.82, 2.24) is 4.72 Å². The summed E-state index contributed by atoms with van der Waals surface area (Å²) in [5, 5.41) is 12.0. The van der Waals surface area contributed by atoms with E-state index in [1.807, 2.05) is 17.0 Å². The van der Waals surface area contributed by atoms with Gasteiger partial charge in [0.05, 0.1) is 14.8 Å². The van der Waals surface area contributed by atoms with Gasteiger partial charge in [-0.1, -0.05) is 23.7 Å². The number of benzene rings is 2. The van der Waals surface area contributed by atoms with Crippen LogP contribution in [0.5, 0.6) is 5.75 Å². The van der Waals surface area contributed by atoms with E-state index >= 15 is 0 Å². The van der Waals surface area contributed by atoms with Crippen molar-refractivity contribution >= 4 is 33.0 Å². The number of nitrogens with one attached hydrogen (secondary N) is 1. The molecule has 0 atom stereocenters. The minimum Gasteiger partial charge on any atom is -0.489 e. The number of hydrogen-bond donors (Lipinski definition) is 1. The zero-order chi connectivity index (χ0) is 20.3. The molecule has 0 radical (unpaired) electrons. The van der Waals surface area contributed by atoms with E-state index in [-0.39, 0.29) is 16.7 Å². The molecule has 0 saturated carbocycles. The van der Waals surface area contributed by atoms with Crippen molar-refractivity contribution in [3.63, 3.8) is 0 Å². The molecule has 0 bridgehead atoms. The molecular weight excluding hydrogens is 406 g/mol. The fourth-order valence-electron chi connectivity index (χ4n) is 3.14. The molecule has 1 heterocycles. The van der Waals surface area contributed by atoms with E-state index in [1.165, 1.54) is 19.2 Å². The van der Waals surface area contributed by atoms with Crippen LogP contribution in [0.25, 0.3) is 0 Å². The summed E-state index contributed by atoms with van der Waals surface area (Å²) < 4.78 is 32.0. The summed E-state index contributed by atoms with van der Waals surface area (Å²) in [5.74, 6) is 0.621. The average Bonchev–Trinajstić information content (AvgIpc) is 2.70. The molecule has 3 rings (SSSR count). The number of rotatable bonds is 6. The number of piperidine rings is 1. The molecular formula is C18H20ClN3O5S. The highest BCUT2D eigenvalue weighted by Crippen LogP contribution is 2.33. The maximum Gasteiger partial charge on any atom is 0.293 e. The van der Waals surface area contributed by atoms with Gasteiger partial charge in [-0.3, -0.25) is 10.1 Å². The highest BCUT2D eigenvalue weighted by atomic mass is 35.5. The number of hydrogen-bond acceptors (Lipinski definition) is 6. The molecule has 1 fully saturated rings. The first-order chi connectivity index (χ1) is 13.3. The van der Waals surface area contributed by atoms with E-state index in [2.05, 4.69) is 4.72 Å². The molecule has 28 heavy (non-hydrogen) atoms. The predicted octanol–water partition coefficient (Wildman–Crippen LogP) is 3.20. The molecule has 1 aliphatic rings. The molecule has 8 nitrogen and oxygen atoms in total.